The molecule has 0 saturated heterocycles. The summed E-state index contributed by atoms with van der Waals surface area (Å²) in [5.74, 6) is 3.67. The number of fused-ring (bicyclic) bond motifs is 1. The molecule has 1 aromatic rings. The molecular weight excluding hydrogens is 399 g/mol. The van der Waals surface area contributed by atoms with Crippen LogP contribution in [0.15, 0.2) is 30.4 Å². The van der Waals surface area contributed by atoms with Crippen molar-refractivity contribution in [3.8, 4) is 5.75 Å². The molecule has 4 heteroatoms. The Morgan fingerprint density at radius 3 is 2.30 bits per heavy atom. The van der Waals surface area contributed by atoms with Crippen LogP contribution in [0.5, 0.6) is 5.75 Å². The maximum Gasteiger partial charge on any atom is 0.314 e. The Hall–Kier alpha value is -1.35. The zero-order valence-corrected chi connectivity index (χ0v) is 18.8. The molecule has 0 spiro atoms. The first-order valence-electron chi connectivity index (χ1n) is 11.8. The summed E-state index contributed by atoms with van der Waals surface area (Å²) in [4.78, 5) is 12.5. The third-order valence-electron chi connectivity index (χ3n) is 8.04. The lowest BCUT2D eigenvalue weighted by atomic mass is 9.61. The highest BCUT2D eigenvalue weighted by Gasteiger charge is 2.39. The van der Waals surface area contributed by atoms with Gasteiger partial charge < -0.3 is 4.74 Å². The number of hydrogen-bond donors (Lipinski definition) is 0. The van der Waals surface area contributed by atoms with Crippen LogP contribution in [0.3, 0.4) is 0 Å². The quantitative estimate of drug-likeness (QED) is 0.278. The molecule has 0 radical (unpaired) electrons. The molecule has 0 amide bonds. The van der Waals surface area contributed by atoms with E-state index in [0.717, 1.165) is 55.3 Å². The number of rotatable bonds is 4. The van der Waals surface area contributed by atoms with Gasteiger partial charge in [-0.25, -0.2) is 4.39 Å². The van der Waals surface area contributed by atoms with Gasteiger partial charge in [-0.2, -0.15) is 0 Å². The molecule has 3 fully saturated rings. The molecule has 0 bridgehead atoms. The number of allylic oxidation sites excluding steroid dienone is 2. The molecule has 4 atom stereocenters. The van der Waals surface area contributed by atoms with Crippen molar-refractivity contribution >= 4 is 17.6 Å². The molecule has 4 unspecified atom stereocenters. The van der Waals surface area contributed by atoms with E-state index in [2.05, 4.69) is 19.1 Å². The molecule has 3 saturated carbocycles. The van der Waals surface area contributed by atoms with Crippen molar-refractivity contribution in [3.63, 3.8) is 0 Å². The minimum atomic E-state index is -0.555. The summed E-state index contributed by atoms with van der Waals surface area (Å²) in [6.07, 6.45) is 17.0. The van der Waals surface area contributed by atoms with Crippen LogP contribution in [0, 0.1) is 41.3 Å². The van der Waals surface area contributed by atoms with E-state index in [4.69, 9.17) is 16.3 Å². The van der Waals surface area contributed by atoms with E-state index < -0.39 is 5.82 Å². The Kier molecular flexibility index (Phi) is 7.18. The summed E-state index contributed by atoms with van der Waals surface area (Å²) in [7, 11) is 0. The summed E-state index contributed by atoms with van der Waals surface area (Å²) in [5.41, 5.74) is 0. The first kappa shape index (κ1) is 21.9. The van der Waals surface area contributed by atoms with Crippen molar-refractivity contribution in [2.75, 3.05) is 0 Å². The monoisotopic (exact) mass is 432 g/mol. The van der Waals surface area contributed by atoms with Crippen molar-refractivity contribution < 1.29 is 13.9 Å². The van der Waals surface area contributed by atoms with Crippen molar-refractivity contribution in [1.29, 1.82) is 0 Å². The van der Waals surface area contributed by atoms with Gasteiger partial charge in [-0.3, -0.25) is 4.79 Å². The Bertz CT molecular complexity index is 768. The Balaban J connectivity index is 1.25. The van der Waals surface area contributed by atoms with Crippen LogP contribution in [-0.4, -0.2) is 5.97 Å². The third kappa shape index (κ3) is 5.10. The Morgan fingerprint density at radius 2 is 1.60 bits per heavy atom. The molecule has 4 rings (SSSR count). The fraction of sp³-hybridized carbons (Fsp3) is 0.654. The van der Waals surface area contributed by atoms with Crippen molar-refractivity contribution in [3.05, 3.63) is 41.2 Å². The Labute approximate surface area is 185 Å². The maximum absolute atomic E-state index is 13.6. The summed E-state index contributed by atoms with van der Waals surface area (Å²) in [5, 5.41) is 0.0420. The second kappa shape index (κ2) is 9.85. The highest BCUT2D eigenvalue weighted by molar-refractivity contribution is 6.30. The van der Waals surface area contributed by atoms with Gasteiger partial charge in [0.1, 0.15) is 11.6 Å². The molecular formula is C26H34ClFO2. The van der Waals surface area contributed by atoms with Crippen molar-refractivity contribution in [2.45, 2.75) is 71.1 Å². The minimum absolute atomic E-state index is 0.0420. The molecule has 2 nitrogen and oxygen atoms in total. The summed E-state index contributed by atoms with van der Waals surface area (Å²) in [6.45, 7) is 2.14. The SMILES string of the molecule is C/C=C/C1CCC2CC(C3CCC(C(=O)Oc4ccc(Cl)c(F)c4)CC3)CCC2C1. The van der Waals surface area contributed by atoms with E-state index in [0.29, 0.717) is 0 Å². The lowest BCUT2D eigenvalue weighted by Crippen LogP contribution is -2.35. The lowest BCUT2D eigenvalue weighted by molar-refractivity contribution is -0.140. The van der Waals surface area contributed by atoms with E-state index in [1.54, 1.807) is 6.07 Å². The Morgan fingerprint density at radius 1 is 0.967 bits per heavy atom. The molecule has 1 aromatic carbocycles. The zero-order valence-electron chi connectivity index (χ0n) is 18.0. The normalized spacial score (nSPS) is 34.5. The number of halogens is 2. The molecule has 3 aliphatic carbocycles. The second-order valence-corrected chi connectivity index (χ2v) is 10.2. The van der Waals surface area contributed by atoms with Crippen LogP contribution in [0.1, 0.15) is 71.1 Å². The van der Waals surface area contributed by atoms with Crippen molar-refractivity contribution in [1.82, 2.24) is 0 Å². The van der Waals surface area contributed by atoms with E-state index in [1.165, 1.54) is 50.7 Å². The predicted octanol–water partition coefficient (Wildman–Crippen LogP) is 7.60. The number of esters is 1. The average Bonchev–Trinajstić information content (AvgIpc) is 2.76. The van der Waals surface area contributed by atoms with Crippen LogP contribution in [0.25, 0.3) is 0 Å². The standard InChI is InChI=1S/C26H34ClFO2/c1-2-3-17-4-5-22-15-21(11-10-20(22)14-17)18-6-8-19(9-7-18)26(29)30-23-12-13-24(27)25(28)16-23/h2-3,12-13,16-22H,4-11,14-15H2,1H3/b3-2+. The van der Waals surface area contributed by atoms with Gasteiger partial charge in [0.05, 0.1) is 10.9 Å². The third-order valence-corrected chi connectivity index (χ3v) is 8.35. The zero-order chi connectivity index (χ0) is 21.1. The second-order valence-electron chi connectivity index (χ2n) is 9.80. The van der Waals surface area contributed by atoms with Gasteiger partial charge in [0.15, 0.2) is 0 Å². The van der Waals surface area contributed by atoms with Crippen molar-refractivity contribution in [2.24, 2.45) is 35.5 Å². The summed E-state index contributed by atoms with van der Waals surface area (Å²) >= 11 is 5.70. The largest absolute Gasteiger partial charge is 0.426 e. The van der Waals surface area contributed by atoms with Gasteiger partial charge in [0.25, 0.3) is 0 Å². The van der Waals surface area contributed by atoms with Gasteiger partial charge in [-0.1, -0.05) is 23.8 Å². The minimum Gasteiger partial charge on any atom is -0.426 e. The topological polar surface area (TPSA) is 26.3 Å². The molecule has 0 heterocycles. The van der Waals surface area contributed by atoms with E-state index >= 15 is 0 Å². The fourth-order valence-corrected chi connectivity index (χ4v) is 6.52. The van der Waals surface area contributed by atoms with Gasteiger partial charge in [-0.05, 0) is 113 Å². The molecule has 3 aliphatic rings. The van der Waals surface area contributed by atoms with Crippen LogP contribution >= 0.6 is 11.6 Å². The number of carbonyl (C=O) groups excluding carboxylic acids is 1. The number of benzene rings is 1. The molecule has 30 heavy (non-hydrogen) atoms. The maximum atomic E-state index is 13.6. The molecule has 0 N–H and O–H groups in total. The average molecular weight is 433 g/mol. The van der Waals surface area contributed by atoms with Crippen LogP contribution < -0.4 is 4.74 Å². The van der Waals surface area contributed by atoms with E-state index in [1.807, 2.05) is 0 Å². The van der Waals surface area contributed by atoms with E-state index in [-0.39, 0.29) is 22.7 Å². The van der Waals surface area contributed by atoms with Gasteiger partial charge in [0, 0.05) is 6.07 Å². The predicted molar refractivity (Wildman–Crippen MR) is 119 cm³/mol. The van der Waals surface area contributed by atoms with Gasteiger partial charge in [-0.15, -0.1) is 0 Å². The molecule has 164 valence electrons. The van der Waals surface area contributed by atoms with Crippen LogP contribution in [0.4, 0.5) is 4.39 Å². The molecule has 0 aromatic heterocycles. The number of carbonyl (C=O) groups is 1. The van der Waals surface area contributed by atoms with Gasteiger partial charge in [0.2, 0.25) is 0 Å². The summed E-state index contributed by atoms with van der Waals surface area (Å²) in [6, 6.07) is 4.17. The molecule has 0 aliphatic heterocycles. The fourth-order valence-electron chi connectivity index (χ4n) is 6.40. The first-order chi connectivity index (χ1) is 14.5. The van der Waals surface area contributed by atoms with Crippen LogP contribution in [0.2, 0.25) is 5.02 Å². The highest BCUT2D eigenvalue weighted by Crippen LogP contribution is 2.49. The lowest BCUT2D eigenvalue weighted by Gasteiger charge is -2.45. The summed E-state index contributed by atoms with van der Waals surface area (Å²) < 4.78 is 19.0. The van der Waals surface area contributed by atoms with E-state index in [9.17, 15) is 9.18 Å². The number of hydrogen-bond acceptors (Lipinski definition) is 2. The smallest absolute Gasteiger partial charge is 0.314 e. The van der Waals surface area contributed by atoms with Crippen LogP contribution in [-0.2, 0) is 4.79 Å². The number of ether oxygens (including phenoxy) is 1. The van der Waals surface area contributed by atoms with Gasteiger partial charge >= 0.3 is 5.97 Å². The first-order valence-corrected chi connectivity index (χ1v) is 12.2. The highest BCUT2D eigenvalue weighted by atomic mass is 35.5.